The minimum atomic E-state index is 1.21. The third kappa shape index (κ3) is 4.36. The van der Waals surface area contributed by atoms with Crippen LogP contribution in [0.25, 0.3) is 22.3 Å². The summed E-state index contributed by atoms with van der Waals surface area (Å²) in [5, 5.41) is 0. The number of rotatable bonds is 4. The molecule has 0 fully saturated rings. The average Bonchev–Trinajstić information content (AvgIpc) is 2.86. The molecule has 4 radical (unpaired) electrons. The van der Waals surface area contributed by atoms with Crippen molar-refractivity contribution in [1.29, 1.82) is 0 Å². The molecule has 152 valence electrons. The third-order valence-electron chi connectivity index (χ3n) is 5.75. The van der Waals surface area contributed by atoms with E-state index in [0.717, 1.165) is 0 Å². The predicted molar refractivity (Wildman–Crippen MR) is 137 cm³/mol. The number of allylic oxidation sites excluding steroid dienone is 4. The van der Waals surface area contributed by atoms with Gasteiger partial charge in [0.1, 0.15) is 0 Å². The van der Waals surface area contributed by atoms with Gasteiger partial charge in [0.25, 0.3) is 0 Å². The maximum absolute atomic E-state index is 2.27. The molecule has 0 atom stereocenters. The van der Waals surface area contributed by atoms with Gasteiger partial charge in [0.2, 0.25) is 0 Å². The lowest BCUT2D eigenvalue weighted by atomic mass is 9.80. The summed E-state index contributed by atoms with van der Waals surface area (Å²) in [6.07, 6.45) is 9.08. The molecule has 0 aliphatic heterocycles. The van der Waals surface area contributed by atoms with Gasteiger partial charge in [0, 0.05) is 0 Å². The van der Waals surface area contributed by atoms with Crippen LogP contribution in [0.4, 0.5) is 0 Å². The second-order valence-corrected chi connectivity index (χ2v) is 7.79. The van der Waals surface area contributed by atoms with Crippen molar-refractivity contribution in [3.63, 3.8) is 0 Å². The Morgan fingerprint density at radius 2 is 0.406 bits per heavy atom. The van der Waals surface area contributed by atoms with E-state index in [4.69, 9.17) is 0 Å². The maximum atomic E-state index is 2.27. The van der Waals surface area contributed by atoms with Crippen molar-refractivity contribution in [3.05, 3.63) is 169 Å². The van der Waals surface area contributed by atoms with Crippen molar-refractivity contribution in [2.24, 2.45) is 0 Å². The second-order valence-electron chi connectivity index (χ2n) is 7.79. The number of benzene rings is 4. The molecule has 4 aromatic carbocycles. The first-order valence-electron chi connectivity index (χ1n) is 11.0. The van der Waals surface area contributed by atoms with Crippen LogP contribution >= 0.6 is 0 Å². The molecule has 0 heterocycles. The SMILES string of the molecule is [CH]1[CH]/C(c2ccccc2)=C(/c2ccccc2)[CH][CH]/C(c2ccccc2)=C\1c1ccccc1. The van der Waals surface area contributed by atoms with Gasteiger partial charge in [-0.1, -0.05) is 121 Å². The van der Waals surface area contributed by atoms with Gasteiger partial charge in [-0.25, -0.2) is 0 Å². The molecule has 0 saturated carbocycles. The van der Waals surface area contributed by atoms with Crippen LogP contribution < -0.4 is 0 Å². The van der Waals surface area contributed by atoms with E-state index in [0.29, 0.717) is 0 Å². The smallest absolute Gasteiger partial charge is 0.000239 e. The standard InChI is InChI=1S/C32H24/c1-5-13-25(14-6-1)29-21-22-31(27-17-9-3-10-18-27)32(28-19-11-4-12-20-28)24-23-30(29)26-15-7-2-8-16-26/h1-24H/b30-29-,32-31-. The zero-order valence-corrected chi connectivity index (χ0v) is 17.9. The van der Waals surface area contributed by atoms with Crippen LogP contribution in [0.2, 0.25) is 0 Å². The van der Waals surface area contributed by atoms with Gasteiger partial charge >= 0.3 is 0 Å². The normalized spacial score (nSPS) is 19.2. The summed E-state index contributed by atoms with van der Waals surface area (Å²) in [6, 6.07) is 42.5. The summed E-state index contributed by atoms with van der Waals surface area (Å²) in [5.74, 6) is 0. The van der Waals surface area contributed by atoms with Gasteiger partial charge in [-0.05, 0) is 70.2 Å². The Morgan fingerprint density at radius 3 is 0.594 bits per heavy atom. The monoisotopic (exact) mass is 408 g/mol. The number of hydrogen-bond acceptors (Lipinski definition) is 0. The Labute approximate surface area is 191 Å². The molecular weight excluding hydrogens is 384 g/mol. The summed E-state index contributed by atoms with van der Waals surface area (Å²) < 4.78 is 0. The zero-order chi connectivity index (χ0) is 21.6. The molecular formula is C32H24. The molecule has 0 N–H and O–H groups in total. The van der Waals surface area contributed by atoms with E-state index in [-0.39, 0.29) is 0 Å². The average molecular weight is 409 g/mol. The molecule has 0 amide bonds. The quantitative estimate of drug-likeness (QED) is 0.320. The predicted octanol–water partition coefficient (Wildman–Crippen LogP) is 8.04. The summed E-state index contributed by atoms with van der Waals surface area (Å²) in [5.41, 5.74) is 9.71. The van der Waals surface area contributed by atoms with Crippen LogP contribution in [0.5, 0.6) is 0 Å². The van der Waals surface area contributed by atoms with E-state index in [9.17, 15) is 0 Å². The van der Waals surface area contributed by atoms with Crippen molar-refractivity contribution in [2.75, 3.05) is 0 Å². The molecule has 32 heavy (non-hydrogen) atoms. The van der Waals surface area contributed by atoms with Crippen LogP contribution in [-0.2, 0) is 0 Å². The second kappa shape index (κ2) is 9.66. The lowest BCUT2D eigenvalue weighted by molar-refractivity contribution is 1.44. The first kappa shape index (κ1) is 20.3. The van der Waals surface area contributed by atoms with E-state index in [1.165, 1.54) is 44.5 Å². The Kier molecular flexibility index (Phi) is 6.12. The fourth-order valence-corrected chi connectivity index (χ4v) is 4.17. The van der Waals surface area contributed by atoms with Crippen molar-refractivity contribution < 1.29 is 0 Å². The van der Waals surface area contributed by atoms with E-state index >= 15 is 0 Å². The van der Waals surface area contributed by atoms with Crippen LogP contribution in [0, 0.1) is 25.7 Å². The first-order valence-corrected chi connectivity index (χ1v) is 11.0. The topological polar surface area (TPSA) is 0 Å². The minimum absolute atomic E-state index is 1.21. The molecule has 1 aliphatic carbocycles. The maximum Gasteiger partial charge on any atom is -0.000239 e. The highest BCUT2D eigenvalue weighted by Gasteiger charge is 2.21. The highest BCUT2D eigenvalue weighted by Crippen LogP contribution is 2.41. The van der Waals surface area contributed by atoms with Crippen molar-refractivity contribution in [2.45, 2.75) is 0 Å². The molecule has 0 spiro atoms. The minimum Gasteiger partial charge on any atom is -0.0622 e. The van der Waals surface area contributed by atoms with E-state index in [2.05, 4.69) is 147 Å². The van der Waals surface area contributed by atoms with Crippen LogP contribution in [-0.4, -0.2) is 0 Å². The van der Waals surface area contributed by atoms with Crippen LogP contribution in [0.1, 0.15) is 22.3 Å². The van der Waals surface area contributed by atoms with Crippen LogP contribution in [0.15, 0.2) is 121 Å². The summed E-state index contributed by atoms with van der Waals surface area (Å²) in [4.78, 5) is 0. The summed E-state index contributed by atoms with van der Waals surface area (Å²) in [7, 11) is 0. The van der Waals surface area contributed by atoms with Gasteiger partial charge in [0.15, 0.2) is 0 Å². The van der Waals surface area contributed by atoms with Gasteiger partial charge in [-0.15, -0.1) is 0 Å². The molecule has 0 unspecified atom stereocenters. The number of hydrogen-bond donors (Lipinski definition) is 0. The van der Waals surface area contributed by atoms with E-state index in [1.54, 1.807) is 0 Å². The fourth-order valence-electron chi connectivity index (χ4n) is 4.17. The molecule has 5 rings (SSSR count). The zero-order valence-electron chi connectivity index (χ0n) is 17.9. The Bertz CT molecular complexity index is 1010. The molecule has 1 aliphatic rings. The molecule has 0 bridgehead atoms. The lowest BCUT2D eigenvalue weighted by Gasteiger charge is -2.23. The Morgan fingerprint density at radius 1 is 0.219 bits per heavy atom. The summed E-state index contributed by atoms with van der Waals surface area (Å²) in [6.45, 7) is 0. The highest BCUT2D eigenvalue weighted by molar-refractivity contribution is 6.07. The highest BCUT2D eigenvalue weighted by atomic mass is 14.2. The molecule has 4 aromatic rings. The van der Waals surface area contributed by atoms with Gasteiger partial charge < -0.3 is 0 Å². The van der Waals surface area contributed by atoms with Crippen molar-refractivity contribution in [3.8, 4) is 0 Å². The van der Waals surface area contributed by atoms with Gasteiger partial charge in [-0.3, -0.25) is 0 Å². The third-order valence-corrected chi connectivity index (χ3v) is 5.75. The van der Waals surface area contributed by atoms with E-state index in [1.807, 2.05) is 0 Å². The molecule has 0 saturated heterocycles. The Hall–Kier alpha value is -3.64. The van der Waals surface area contributed by atoms with Gasteiger partial charge in [0.05, 0.1) is 0 Å². The lowest BCUT2D eigenvalue weighted by Crippen LogP contribution is -2.04. The molecule has 0 aromatic heterocycles. The van der Waals surface area contributed by atoms with Crippen molar-refractivity contribution in [1.82, 2.24) is 0 Å². The van der Waals surface area contributed by atoms with Crippen LogP contribution in [0.3, 0.4) is 0 Å². The largest absolute Gasteiger partial charge is 0.0622 e. The molecule has 0 nitrogen and oxygen atoms in total. The van der Waals surface area contributed by atoms with E-state index < -0.39 is 0 Å². The summed E-state index contributed by atoms with van der Waals surface area (Å²) >= 11 is 0. The first-order chi connectivity index (χ1) is 15.9. The van der Waals surface area contributed by atoms with Crippen molar-refractivity contribution >= 4 is 22.3 Å². The van der Waals surface area contributed by atoms with Gasteiger partial charge in [-0.2, -0.15) is 0 Å². The Balaban J connectivity index is 1.64. The fraction of sp³-hybridized carbons (Fsp3) is 0. The molecule has 0 heteroatoms.